The zero-order chi connectivity index (χ0) is 10.1. The summed E-state index contributed by atoms with van der Waals surface area (Å²) in [4.78, 5) is 11.2. The van der Waals surface area contributed by atoms with Crippen molar-refractivity contribution >= 4 is 5.91 Å². The lowest BCUT2D eigenvalue weighted by Crippen LogP contribution is -2.39. The largest absolute Gasteiger partial charge is 0.341 e. The van der Waals surface area contributed by atoms with Crippen molar-refractivity contribution in [2.75, 3.05) is 13.1 Å². The minimum absolute atomic E-state index is 0.0294. The first kappa shape index (κ1) is 12.0. The molecule has 0 heterocycles. The molecule has 0 bridgehead atoms. The second-order valence-electron chi connectivity index (χ2n) is 2.87. The van der Waals surface area contributed by atoms with Crippen LogP contribution in [-0.2, 0) is 4.79 Å². The van der Waals surface area contributed by atoms with Gasteiger partial charge in [-0.1, -0.05) is 19.8 Å². The van der Waals surface area contributed by atoms with Crippen LogP contribution in [0.3, 0.4) is 0 Å². The molecule has 1 atom stereocenters. The Kier molecular flexibility index (Phi) is 7.04. The first-order chi connectivity index (χ1) is 6.24. The Balaban J connectivity index is 3.56. The van der Waals surface area contributed by atoms with Crippen molar-refractivity contribution in [1.29, 1.82) is 0 Å². The molecule has 0 fully saturated rings. The average Bonchev–Trinajstić information content (AvgIpc) is 2.14. The molecule has 3 nitrogen and oxygen atoms in total. The smallest absolute Gasteiger partial charge is 0.234 e. The van der Waals surface area contributed by atoms with E-state index in [-0.39, 0.29) is 11.9 Å². The molecule has 74 valence electrons. The zero-order valence-electron chi connectivity index (χ0n) is 8.39. The maximum Gasteiger partial charge on any atom is 0.234 e. The molecule has 3 heteroatoms. The van der Waals surface area contributed by atoms with Gasteiger partial charge in [-0.2, -0.15) is 0 Å². The van der Waals surface area contributed by atoms with Gasteiger partial charge in [0.05, 0.1) is 12.6 Å². The van der Waals surface area contributed by atoms with Crippen LogP contribution < -0.4 is 10.6 Å². The maximum absolute atomic E-state index is 11.2. The highest BCUT2D eigenvalue weighted by molar-refractivity contribution is 5.78. The zero-order valence-corrected chi connectivity index (χ0v) is 8.39. The normalized spacial score (nSPS) is 11.8. The van der Waals surface area contributed by atoms with Gasteiger partial charge in [-0.25, -0.2) is 0 Å². The highest BCUT2D eigenvalue weighted by atomic mass is 16.1. The quantitative estimate of drug-likeness (QED) is 0.464. The van der Waals surface area contributed by atoms with Crippen molar-refractivity contribution in [1.82, 2.24) is 10.6 Å². The van der Waals surface area contributed by atoms with Gasteiger partial charge in [-0.3, -0.25) is 4.79 Å². The van der Waals surface area contributed by atoms with Gasteiger partial charge < -0.3 is 10.6 Å². The standard InChI is InChI=1S/C10H18N2O/c1-4-7-11-8-10(13)12-9(5-2)6-3/h2,9,11H,4,6-8H2,1,3H3,(H,12,13). The lowest BCUT2D eigenvalue weighted by Gasteiger charge is -2.10. The summed E-state index contributed by atoms with van der Waals surface area (Å²) in [6.07, 6.45) is 7.00. The molecular weight excluding hydrogens is 164 g/mol. The number of nitrogens with one attached hydrogen (secondary N) is 2. The van der Waals surface area contributed by atoms with Crippen LogP contribution in [0.1, 0.15) is 26.7 Å². The second kappa shape index (κ2) is 7.63. The molecule has 1 amide bonds. The number of hydrogen-bond donors (Lipinski definition) is 2. The Morgan fingerprint density at radius 3 is 2.69 bits per heavy atom. The van der Waals surface area contributed by atoms with E-state index in [1.54, 1.807) is 0 Å². The molecule has 0 rings (SSSR count). The number of carbonyl (C=O) groups is 1. The van der Waals surface area contributed by atoms with Crippen molar-refractivity contribution in [3.63, 3.8) is 0 Å². The SMILES string of the molecule is C#CC(CC)NC(=O)CNCCC. The van der Waals surface area contributed by atoms with E-state index in [0.717, 1.165) is 19.4 Å². The van der Waals surface area contributed by atoms with E-state index in [1.807, 2.05) is 6.92 Å². The third-order valence-electron chi connectivity index (χ3n) is 1.66. The number of rotatable bonds is 6. The molecule has 0 saturated heterocycles. The van der Waals surface area contributed by atoms with Gasteiger partial charge in [0.1, 0.15) is 0 Å². The van der Waals surface area contributed by atoms with Crippen LogP contribution in [0.25, 0.3) is 0 Å². The molecule has 0 aromatic carbocycles. The second-order valence-corrected chi connectivity index (χ2v) is 2.87. The van der Waals surface area contributed by atoms with Gasteiger partial charge >= 0.3 is 0 Å². The number of amides is 1. The Bertz CT molecular complexity index is 184. The summed E-state index contributed by atoms with van der Waals surface area (Å²) in [6, 6.07) is -0.129. The van der Waals surface area contributed by atoms with Crippen LogP contribution in [0.4, 0.5) is 0 Å². The molecule has 1 unspecified atom stereocenters. The minimum Gasteiger partial charge on any atom is -0.341 e. The van der Waals surface area contributed by atoms with Crippen molar-refractivity contribution in [2.45, 2.75) is 32.7 Å². The first-order valence-corrected chi connectivity index (χ1v) is 4.70. The molecule has 0 aliphatic rings. The molecule has 0 spiro atoms. The number of carbonyl (C=O) groups excluding carboxylic acids is 1. The Morgan fingerprint density at radius 2 is 2.23 bits per heavy atom. The Morgan fingerprint density at radius 1 is 1.54 bits per heavy atom. The lowest BCUT2D eigenvalue weighted by atomic mass is 10.2. The Hall–Kier alpha value is -1.01. The van der Waals surface area contributed by atoms with E-state index in [9.17, 15) is 4.79 Å². The van der Waals surface area contributed by atoms with Crippen molar-refractivity contribution in [2.24, 2.45) is 0 Å². The van der Waals surface area contributed by atoms with E-state index in [2.05, 4.69) is 23.5 Å². The fourth-order valence-electron chi connectivity index (χ4n) is 0.886. The highest BCUT2D eigenvalue weighted by Gasteiger charge is 2.05. The van der Waals surface area contributed by atoms with Crippen molar-refractivity contribution in [3.05, 3.63) is 0 Å². The van der Waals surface area contributed by atoms with Crippen molar-refractivity contribution in [3.8, 4) is 12.3 Å². The molecule has 0 aliphatic carbocycles. The first-order valence-electron chi connectivity index (χ1n) is 4.70. The van der Waals surface area contributed by atoms with Gasteiger partial charge in [0.25, 0.3) is 0 Å². The third kappa shape index (κ3) is 6.18. The fraction of sp³-hybridized carbons (Fsp3) is 0.700. The molecule has 2 N–H and O–H groups in total. The summed E-state index contributed by atoms with van der Waals surface area (Å²) >= 11 is 0. The minimum atomic E-state index is -0.129. The predicted molar refractivity (Wildman–Crippen MR) is 54.2 cm³/mol. The predicted octanol–water partition coefficient (Wildman–Crippen LogP) is 0.514. The maximum atomic E-state index is 11.2. The van der Waals surface area contributed by atoms with Crippen LogP contribution >= 0.6 is 0 Å². The number of terminal acetylenes is 1. The lowest BCUT2D eigenvalue weighted by molar-refractivity contribution is -0.120. The Labute approximate surface area is 80.3 Å². The highest BCUT2D eigenvalue weighted by Crippen LogP contribution is 1.86. The molecule has 13 heavy (non-hydrogen) atoms. The van der Waals surface area contributed by atoms with Crippen LogP contribution in [0.2, 0.25) is 0 Å². The van der Waals surface area contributed by atoms with E-state index < -0.39 is 0 Å². The molecule has 0 radical (unpaired) electrons. The molecule has 0 aromatic rings. The van der Waals surface area contributed by atoms with E-state index in [0.29, 0.717) is 6.54 Å². The molecule has 0 aliphatic heterocycles. The molecular formula is C10H18N2O. The summed E-state index contributed by atoms with van der Waals surface area (Å²) in [5, 5.41) is 5.75. The summed E-state index contributed by atoms with van der Waals surface area (Å²) in [5.41, 5.74) is 0. The van der Waals surface area contributed by atoms with Crippen LogP contribution in [-0.4, -0.2) is 25.0 Å². The van der Waals surface area contributed by atoms with Gasteiger partial charge in [0.15, 0.2) is 0 Å². The van der Waals surface area contributed by atoms with Crippen LogP contribution in [0, 0.1) is 12.3 Å². The fourth-order valence-corrected chi connectivity index (χ4v) is 0.886. The monoisotopic (exact) mass is 182 g/mol. The molecule has 0 saturated carbocycles. The van der Waals surface area contributed by atoms with Crippen LogP contribution in [0.5, 0.6) is 0 Å². The van der Waals surface area contributed by atoms with Gasteiger partial charge in [-0.15, -0.1) is 6.42 Å². The topological polar surface area (TPSA) is 41.1 Å². The average molecular weight is 182 g/mol. The summed E-state index contributed by atoms with van der Waals surface area (Å²) in [7, 11) is 0. The van der Waals surface area contributed by atoms with Gasteiger partial charge in [0.2, 0.25) is 5.91 Å². The van der Waals surface area contributed by atoms with E-state index in [4.69, 9.17) is 6.42 Å². The van der Waals surface area contributed by atoms with E-state index in [1.165, 1.54) is 0 Å². The third-order valence-corrected chi connectivity index (χ3v) is 1.66. The summed E-state index contributed by atoms with van der Waals surface area (Å²) in [6.45, 7) is 5.22. The molecule has 0 aromatic heterocycles. The van der Waals surface area contributed by atoms with Crippen molar-refractivity contribution < 1.29 is 4.79 Å². The van der Waals surface area contributed by atoms with Crippen LogP contribution in [0.15, 0.2) is 0 Å². The summed E-state index contributed by atoms with van der Waals surface area (Å²) in [5.74, 6) is 2.48. The van der Waals surface area contributed by atoms with E-state index >= 15 is 0 Å². The van der Waals surface area contributed by atoms with Gasteiger partial charge in [0, 0.05) is 0 Å². The van der Waals surface area contributed by atoms with Gasteiger partial charge in [-0.05, 0) is 19.4 Å². The number of hydrogen-bond acceptors (Lipinski definition) is 2. The summed E-state index contributed by atoms with van der Waals surface area (Å²) < 4.78 is 0.